The van der Waals surface area contributed by atoms with Crippen LogP contribution < -0.4 is 0 Å². The zero-order valence-electron chi connectivity index (χ0n) is 9.44. The molecule has 1 atom stereocenters. The summed E-state index contributed by atoms with van der Waals surface area (Å²) in [6.07, 6.45) is 3.29. The molecule has 0 bridgehead atoms. The van der Waals surface area contributed by atoms with Gasteiger partial charge in [-0.15, -0.1) is 0 Å². The van der Waals surface area contributed by atoms with Gasteiger partial charge in [-0.1, -0.05) is 42.2 Å². The molecule has 1 aromatic rings. The quantitative estimate of drug-likeness (QED) is 0.559. The zero-order chi connectivity index (χ0) is 11.8. The van der Waals surface area contributed by atoms with Crippen LogP contribution >= 0.6 is 0 Å². The van der Waals surface area contributed by atoms with Crippen molar-refractivity contribution in [3.8, 4) is 11.8 Å². The van der Waals surface area contributed by atoms with E-state index in [-0.39, 0.29) is 12.1 Å². The molecule has 0 saturated carbocycles. The lowest BCUT2D eigenvalue weighted by Crippen LogP contribution is -2.09. The van der Waals surface area contributed by atoms with Crippen molar-refractivity contribution in [2.75, 3.05) is 0 Å². The molecule has 82 valence electrons. The number of carbonyl (C=O) groups is 1. The van der Waals surface area contributed by atoms with Gasteiger partial charge in [0.05, 0.1) is 0 Å². The van der Waals surface area contributed by atoms with Gasteiger partial charge >= 0.3 is 5.97 Å². The van der Waals surface area contributed by atoms with Gasteiger partial charge in [-0.2, -0.15) is 0 Å². The molecular formula is C14H14O2. The van der Waals surface area contributed by atoms with Crippen molar-refractivity contribution >= 4 is 12.0 Å². The van der Waals surface area contributed by atoms with Gasteiger partial charge < -0.3 is 4.74 Å². The minimum atomic E-state index is -0.363. The van der Waals surface area contributed by atoms with E-state index in [1.165, 1.54) is 6.92 Å². The van der Waals surface area contributed by atoms with E-state index in [1.54, 1.807) is 13.0 Å². The summed E-state index contributed by atoms with van der Waals surface area (Å²) in [5.74, 6) is 5.32. The Morgan fingerprint density at radius 1 is 1.38 bits per heavy atom. The van der Waals surface area contributed by atoms with Crippen LogP contribution in [0.4, 0.5) is 0 Å². The first-order valence-electron chi connectivity index (χ1n) is 5.08. The summed E-state index contributed by atoms with van der Waals surface area (Å²) < 4.78 is 4.86. The molecule has 0 N–H and O–H groups in total. The molecular weight excluding hydrogens is 200 g/mol. The van der Waals surface area contributed by atoms with Crippen molar-refractivity contribution in [3.05, 3.63) is 42.0 Å². The zero-order valence-corrected chi connectivity index (χ0v) is 9.44. The lowest BCUT2D eigenvalue weighted by atomic mass is 10.2. The molecule has 1 unspecified atom stereocenters. The number of ether oxygens (including phenoxy) is 1. The highest BCUT2D eigenvalue weighted by Gasteiger charge is 1.98. The minimum Gasteiger partial charge on any atom is -0.450 e. The Hall–Kier alpha value is -2.01. The molecule has 0 amide bonds. The van der Waals surface area contributed by atoms with E-state index in [0.717, 1.165) is 5.56 Å². The van der Waals surface area contributed by atoms with Crippen LogP contribution in [0, 0.1) is 11.8 Å². The van der Waals surface area contributed by atoms with Crippen LogP contribution in [0.5, 0.6) is 0 Å². The normalized spacial score (nSPS) is 11.6. The van der Waals surface area contributed by atoms with E-state index in [2.05, 4.69) is 11.8 Å². The van der Waals surface area contributed by atoms with Crippen molar-refractivity contribution in [3.63, 3.8) is 0 Å². The first kappa shape index (κ1) is 12.1. The molecule has 0 aliphatic heterocycles. The highest BCUT2D eigenvalue weighted by molar-refractivity contribution is 5.66. The third-order valence-corrected chi connectivity index (χ3v) is 1.79. The van der Waals surface area contributed by atoms with Gasteiger partial charge in [0, 0.05) is 6.92 Å². The van der Waals surface area contributed by atoms with Gasteiger partial charge in [0.2, 0.25) is 0 Å². The van der Waals surface area contributed by atoms with E-state index >= 15 is 0 Å². The van der Waals surface area contributed by atoms with E-state index in [4.69, 9.17) is 4.74 Å². The molecule has 0 saturated heterocycles. The SMILES string of the molecule is CC(=O)OC(C)C#CC=Cc1ccccc1. The van der Waals surface area contributed by atoms with Gasteiger partial charge in [0.25, 0.3) is 0 Å². The summed E-state index contributed by atoms with van der Waals surface area (Å²) >= 11 is 0. The fourth-order valence-electron chi connectivity index (χ4n) is 1.15. The second-order valence-electron chi connectivity index (χ2n) is 3.28. The molecule has 0 radical (unpaired) electrons. The molecule has 0 aliphatic rings. The van der Waals surface area contributed by atoms with Gasteiger partial charge in [0.1, 0.15) is 0 Å². The summed E-state index contributed by atoms with van der Waals surface area (Å²) in [6.45, 7) is 3.11. The Bertz CT molecular complexity index is 421. The molecule has 16 heavy (non-hydrogen) atoms. The van der Waals surface area contributed by atoms with E-state index in [9.17, 15) is 4.79 Å². The summed E-state index contributed by atoms with van der Waals surface area (Å²) in [7, 11) is 0. The number of carbonyl (C=O) groups excluding carboxylic acids is 1. The van der Waals surface area contributed by atoms with Gasteiger partial charge in [0.15, 0.2) is 6.10 Å². The van der Waals surface area contributed by atoms with Crippen molar-refractivity contribution in [1.29, 1.82) is 0 Å². The molecule has 1 rings (SSSR count). The highest BCUT2D eigenvalue weighted by atomic mass is 16.5. The van der Waals surface area contributed by atoms with Crippen LogP contribution in [-0.4, -0.2) is 12.1 Å². The Balaban J connectivity index is 2.48. The van der Waals surface area contributed by atoms with Crippen LogP contribution in [0.15, 0.2) is 36.4 Å². The molecule has 2 nitrogen and oxygen atoms in total. The van der Waals surface area contributed by atoms with Gasteiger partial charge in [-0.3, -0.25) is 4.79 Å². The minimum absolute atomic E-state index is 0.311. The summed E-state index contributed by atoms with van der Waals surface area (Å²) in [4.78, 5) is 10.6. The number of rotatable bonds is 2. The molecule has 0 spiro atoms. The Morgan fingerprint density at radius 2 is 2.06 bits per heavy atom. The molecule has 0 aromatic heterocycles. The predicted molar refractivity (Wildman–Crippen MR) is 64.5 cm³/mol. The number of hydrogen-bond acceptors (Lipinski definition) is 2. The lowest BCUT2D eigenvalue weighted by molar-refractivity contribution is -0.143. The van der Waals surface area contributed by atoms with Gasteiger partial charge in [-0.25, -0.2) is 0 Å². The highest BCUT2D eigenvalue weighted by Crippen LogP contribution is 2.00. The Labute approximate surface area is 95.9 Å². The largest absolute Gasteiger partial charge is 0.450 e. The smallest absolute Gasteiger partial charge is 0.303 e. The van der Waals surface area contributed by atoms with Crippen LogP contribution in [0.3, 0.4) is 0 Å². The molecule has 2 heteroatoms. The monoisotopic (exact) mass is 214 g/mol. The molecule has 0 fully saturated rings. The van der Waals surface area contributed by atoms with Crippen molar-refractivity contribution in [2.24, 2.45) is 0 Å². The van der Waals surface area contributed by atoms with Crippen LogP contribution in [0.2, 0.25) is 0 Å². The Kier molecular flexibility index (Phi) is 4.88. The number of hydrogen-bond donors (Lipinski definition) is 0. The van der Waals surface area contributed by atoms with Crippen molar-refractivity contribution in [2.45, 2.75) is 20.0 Å². The van der Waals surface area contributed by atoms with E-state index in [1.807, 2.05) is 36.4 Å². The predicted octanol–water partition coefficient (Wildman–Crippen LogP) is 2.65. The summed E-state index contributed by atoms with van der Waals surface area (Å²) in [6, 6.07) is 9.89. The first-order valence-corrected chi connectivity index (χ1v) is 5.08. The molecule has 0 aliphatic carbocycles. The fraction of sp³-hybridized carbons (Fsp3) is 0.214. The summed E-state index contributed by atoms with van der Waals surface area (Å²) in [5, 5.41) is 0. The van der Waals surface area contributed by atoms with Crippen molar-refractivity contribution in [1.82, 2.24) is 0 Å². The molecule has 1 aromatic carbocycles. The second-order valence-corrected chi connectivity index (χ2v) is 3.28. The summed E-state index contributed by atoms with van der Waals surface area (Å²) in [5.41, 5.74) is 1.09. The standard InChI is InChI=1S/C14H14O2/c1-12(16-13(2)15)8-6-7-11-14-9-4-3-5-10-14/h3-5,7,9-12H,1-2H3. The number of esters is 1. The average Bonchev–Trinajstić information content (AvgIpc) is 2.25. The van der Waals surface area contributed by atoms with Crippen LogP contribution in [-0.2, 0) is 9.53 Å². The number of benzene rings is 1. The first-order chi connectivity index (χ1) is 7.68. The Morgan fingerprint density at radius 3 is 2.69 bits per heavy atom. The number of allylic oxidation sites excluding steroid dienone is 1. The third-order valence-electron chi connectivity index (χ3n) is 1.79. The van der Waals surface area contributed by atoms with E-state index in [0.29, 0.717) is 0 Å². The fourth-order valence-corrected chi connectivity index (χ4v) is 1.15. The van der Waals surface area contributed by atoms with Crippen LogP contribution in [0.25, 0.3) is 6.08 Å². The second kappa shape index (κ2) is 6.47. The topological polar surface area (TPSA) is 26.3 Å². The van der Waals surface area contributed by atoms with Gasteiger partial charge in [-0.05, 0) is 24.6 Å². The third kappa shape index (κ3) is 5.02. The molecule has 0 heterocycles. The maximum Gasteiger partial charge on any atom is 0.303 e. The maximum atomic E-state index is 10.6. The lowest BCUT2D eigenvalue weighted by Gasteiger charge is -2.01. The van der Waals surface area contributed by atoms with Crippen LogP contribution in [0.1, 0.15) is 19.4 Å². The maximum absolute atomic E-state index is 10.6. The van der Waals surface area contributed by atoms with E-state index < -0.39 is 0 Å². The van der Waals surface area contributed by atoms with Crippen molar-refractivity contribution < 1.29 is 9.53 Å². The average molecular weight is 214 g/mol.